The Morgan fingerprint density at radius 3 is 2.42 bits per heavy atom. The molecule has 3 N–H and O–H groups in total. The summed E-state index contributed by atoms with van der Waals surface area (Å²) in [4.78, 5) is 18.7. The van der Waals surface area contributed by atoms with Gasteiger partial charge in [0.15, 0.2) is 5.69 Å². The van der Waals surface area contributed by atoms with Crippen LogP contribution in [0, 0.1) is 0 Å². The summed E-state index contributed by atoms with van der Waals surface area (Å²) in [5.74, 6) is -0.0511. The summed E-state index contributed by atoms with van der Waals surface area (Å²) in [5.41, 5.74) is 5.78. The number of nitrogen functional groups attached to an aromatic ring is 1. The number of aromatic nitrogens is 2. The number of hydrogen-bond acceptors (Lipinski definition) is 7. The van der Waals surface area contributed by atoms with Gasteiger partial charge in [0, 0.05) is 18.2 Å². The maximum Gasteiger partial charge on any atom is 0.280 e. The SMILES string of the molecule is CCOC(OCC)c1nc(N)[nH]c(=O)c1N=Nc1ccc(Cl)cc1. The van der Waals surface area contributed by atoms with E-state index in [-0.39, 0.29) is 17.3 Å². The van der Waals surface area contributed by atoms with Crippen molar-refractivity contribution in [3.05, 3.63) is 45.3 Å². The van der Waals surface area contributed by atoms with Crippen LogP contribution in [0.1, 0.15) is 25.8 Å². The van der Waals surface area contributed by atoms with Crippen molar-refractivity contribution in [3.8, 4) is 0 Å². The van der Waals surface area contributed by atoms with E-state index in [4.69, 9.17) is 26.8 Å². The molecule has 1 aromatic carbocycles. The van der Waals surface area contributed by atoms with E-state index in [1.54, 1.807) is 38.1 Å². The van der Waals surface area contributed by atoms with Gasteiger partial charge in [-0.3, -0.25) is 9.78 Å². The van der Waals surface area contributed by atoms with Crippen LogP contribution in [0.25, 0.3) is 0 Å². The number of rotatable bonds is 7. The van der Waals surface area contributed by atoms with E-state index in [2.05, 4.69) is 20.2 Å². The Hall–Kier alpha value is -2.29. The second-order valence-corrected chi connectivity index (χ2v) is 5.04. The third kappa shape index (κ3) is 4.60. The van der Waals surface area contributed by atoms with Gasteiger partial charge in [-0.25, -0.2) is 4.98 Å². The molecule has 0 saturated carbocycles. The smallest absolute Gasteiger partial charge is 0.280 e. The molecule has 2 aromatic rings. The monoisotopic (exact) mass is 351 g/mol. The topological polar surface area (TPSA) is 115 Å². The molecule has 0 unspecified atom stereocenters. The van der Waals surface area contributed by atoms with Gasteiger partial charge in [0.25, 0.3) is 5.56 Å². The lowest BCUT2D eigenvalue weighted by Crippen LogP contribution is -2.19. The summed E-state index contributed by atoms with van der Waals surface area (Å²) in [5, 5.41) is 8.60. The molecule has 0 amide bonds. The van der Waals surface area contributed by atoms with E-state index in [0.717, 1.165) is 0 Å². The number of benzene rings is 1. The van der Waals surface area contributed by atoms with Crippen LogP contribution in [0.2, 0.25) is 5.02 Å². The summed E-state index contributed by atoms with van der Waals surface area (Å²) in [6.45, 7) is 4.34. The van der Waals surface area contributed by atoms with Crippen molar-refractivity contribution in [2.45, 2.75) is 20.1 Å². The number of aromatic amines is 1. The van der Waals surface area contributed by atoms with Crippen molar-refractivity contribution >= 4 is 28.9 Å². The van der Waals surface area contributed by atoms with Crippen LogP contribution in [0.3, 0.4) is 0 Å². The average molecular weight is 352 g/mol. The molecule has 1 aromatic heterocycles. The highest BCUT2D eigenvalue weighted by Gasteiger charge is 2.21. The molecule has 0 aliphatic carbocycles. The van der Waals surface area contributed by atoms with E-state index >= 15 is 0 Å². The number of H-pyrrole nitrogens is 1. The van der Waals surface area contributed by atoms with Crippen LogP contribution >= 0.6 is 11.6 Å². The van der Waals surface area contributed by atoms with Gasteiger partial charge in [0.1, 0.15) is 5.69 Å². The Kier molecular flexibility index (Phi) is 6.42. The molecule has 2 rings (SSSR count). The molecule has 8 nitrogen and oxygen atoms in total. The first-order valence-electron chi connectivity index (χ1n) is 7.35. The minimum atomic E-state index is -0.858. The number of nitrogens with one attached hydrogen (secondary N) is 1. The summed E-state index contributed by atoms with van der Waals surface area (Å²) in [7, 11) is 0. The van der Waals surface area contributed by atoms with Crippen LogP contribution in [0.4, 0.5) is 17.3 Å². The molecule has 0 radical (unpaired) electrons. The Morgan fingerprint density at radius 1 is 1.21 bits per heavy atom. The third-order valence-electron chi connectivity index (χ3n) is 2.89. The van der Waals surface area contributed by atoms with Crippen molar-refractivity contribution in [2.75, 3.05) is 18.9 Å². The maximum absolute atomic E-state index is 12.2. The summed E-state index contributed by atoms with van der Waals surface area (Å²) < 4.78 is 10.9. The molecule has 0 aliphatic heterocycles. The molecular weight excluding hydrogens is 334 g/mol. The number of hydrogen-bond donors (Lipinski definition) is 2. The molecule has 0 spiro atoms. The van der Waals surface area contributed by atoms with Gasteiger partial charge >= 0.3 is 0 Å². The molecule has 0 saturated heterocycles. The Bertz CT molecular complexity index is 755. The molecule has 0 atom stereocenters. The van der Waals surface area contributed by atoms with Crippen LogP contribution in [-0.4, -0.2) is 23.2 Å². The van der Waals surface area contributed by atoms with Gasteiger partial charge in [-0.15, -0.1) is 5.11 Å². The van der Waals surface area contributed by atoms with E-state index in [1.165, 1.54) is 0 Å². The quantitative estimate of drug-likeness (QED) is 0.585. The molecule has 0 fully saturated rings. The average Bonchev–Trinajstić information content (AvgIpc) is 2.55. The lowest BCUT2D eigenvalue weighted by Gasteiger charge is -2.17. The summed E-state index contributed by atoms with van der Waals surface area (Å²) >= 11 is 5.82. The first-order chi connectivity index (χ1) is 11.5. The molecule has 0 bridgehead atoms. The van der Waals surface area contributed by atoms with Crippen molar-refractivity contribution < 1.29 is 9.47 Å². The molecule has 0 aliphatic rings. The Labute approximate surface area is 143 Å². The first kappa shape index (κ1) is 18.1. The number of nitrogens with zero attached hydrogens (tertiary/aromatic N) is 3. The van der Waals surface area contributed by atoms with Crippen LogP contribution in [0.15, 0.2) is 39.3 Å². The van der Waals surface area contributed by atoms with Crippen molar-refractivity contribution in [1.82, 2.24) is 9.97 Å². The van der Waals surface area contributed by atoms with Crippen LogP contribution in [-0.2, 0) is 9.47 Å². The van der Waals surface area contributed by atoms with Crippen molar-refractivity contribution in [1.29, 1.82) is 0 Å². The third-order valence-corrected chi connectivity index (χ3v) is 3.14. The van der Waals surface area contributed by atoms with E-state index in [1.807, 2.05) is 0 Å². The standard InChI is InChI=1S/C15H18ClN5O3/c1-3-23-14(24-4-2)12-11(13(22)19-15(17)18-12)21-20-10-7-5-9(16)6-8-10/h5-8,14H,3-4H2,1-2H3,(H3,17,18,19,22). The van der Waals surface area contributed by atoms with Gasteiger partial charge in [-0.1, -0.05) is 11.6 Å². The molecule has 1 heterocycles. The molecule has 24 heavy (non-hydrogen) atoms. The zero-order valence-electron chi connectivity index (χ0n) is 13.3. The summed E-state index contributed by atoms with van der Waals surface area (Å²) in [6, 6.07) is 6.69. The fraction of sp³-hybridized carbons (Fsp3) is 0.333. The molecule has 9 heteroatoms. The van der Waals surface area contributed by atoms with Gasteiger partial charge in [-0.2, -0.15) is 5.11 Å². The predicted molar refractivity (Wildman–Crippen MR) is 90.9 cm³/mol. The summed E-state index contributed by atoms with van der Waals surface area (Å²) in [6.07, 6.45) is -0.858. The lowest BCUT2D eigenvalue weighted by atomic mass is 10.3. The minimum Gasteiger partial charge on any atom is -0.369 e. The van der Waals surface area contributed by atoms with E-state index in [0.29, 0.717) is 23.9 Å². The highest BCUT2D eigenvalue weighted by atomic mass is 35.5. The normalized spacial score (nSPS) is 11.5. The zero-order valence-corrected chi connectivity index (χ0v) is 14.1. The van der Waals surface area contributed by atoms with Gasteiger partial charge in [0.05, 0.1) is 5.69 Å². The maximum atomic E-state index is 12.2. The predicted octanol–water partition coefficient (Wildman–Crippen LogP) is 3.49. The fourth-order valence-electron chi connectivity index (χ4n) is 1.89. The number of ether oxygens (including phenoxy) is 2. The van der Waals surface area contributed by atoms with Crippen molar-refractivity contribution in [3.63, 3.8) is 0 Å². The van der Waals surface area contributed by atoms with E-state index in [9.17, 15) is 4.79 Å². The van der Waals surface area contributed by atoms with Crippen molar-refractivity contribution in [2.24, 2.45) is 10.2 Å². The fourth-order valence-corrected chi connectivity index (χ4v) is 2.01. The number of halogens is 1. The van der Waals surface area contributed by atoms with Crippen LogP contribution < -0.4 is 11.3 Å². The second-order valence-electron chi connectivity index (χ2n) is 4.60. The lowest BCUT2D eigenvalue weighted by molar-refractivity contribution is -0.142. The largest absolute Gasteiger partial charge is 0.369 e. The highest BCUT2D eigenvalue weighted by Crippen LogP contribution is 2.26. The number of nitrogens with two attached hydrogens (primary N) is 1. The first-order valence-corrected chi connectivity index (χ1v) is 7.73. The Morgan fingerprint density at radius 2 is 1.83 bits per heavy atom. The number of azo groups is 1. The number of anilines is 1. The minimum absolute atomic E-state index is 0.0222. The molecule has 128 valence electrons. The van der Waals surface area contributed by atoms with Gasteiger partial charge in [0.2, 0.25) is 12.2 Å². The zero-order chi connectivity index (χ0) is 17.5. The van der Waals surface area contributed by atoms with Gasteiger partial charge < -0.3 is 15.2 Å². The highest BCUT2D eigenvalue weighted by molar-refractivity contribution is 6.30. The van der Waals surface area contributed by atoms with Gasteiger partial charge in [-0.05, 0) is 38.1 Å². The molecular formula is C15H18ClN5O3. The van der Waals surface area contributed by atoms with Crippen LogP contribution in [0.5, 0.6) is 0 Å². The van der Waals surface area contributed by atoms with E-state index < -0.39 is 11.8 Å². The second kappa shape index (κ2) is 8.53. The Balaban J connectivity index is 2.43.